The second-order valence-electron chi connectivity index (χ2n) is 14.1. The van der Waals surface area contributed by atoms with E-state index in [0.29, 0.717) is 0 Å². The molecule has 10 aromatic carbocycles. The Morgan fingerprint density at radius 1 is 0.308 bits per heavy atom. The lowest BCUT2D eigenvalue weighted by Gasteiger charge is -2.18. The number of hydrogen-bond donors (Lipinski definition) is 0. The molecule has 0 amide bonds. The topological polar surface area (TPSA) is 25.8 Å². The summed E-state index contributed by atoms with van der Waals surface area (Å²) >= 11 is 0. The molecule has 2 heteroatoms. The second-order valence-corrected chi connectivity index (χ2v) is 14.1. The lowest BCUT2D eigenvalue weighted by atomic mass is 9.86. The van der Waals surface area contributed by atoms with Gasteiger partial charge in [0.1, 0.15) is 0 Å². The van der Waals surface area contributed by atoms with Crippen LogP contribution in [0.4, 0.5) is 0 Å². The Labute approximate surface area is 298 Å². The molecule has 0 aliphatic heterocycles. The fraction of sp³-hybridized carbons (Fsp3) is 0. The van der Waals surface area contributed by atoms with E-state index in [9.17, 15) is 0 Å². The highest BCUT2D eigenvalue weighted by molar-refractivity contribution is 6.37. The first-order valence-corrected chi connectivity index (χ1v) is 17.9. The molecule has 0 unspecified atom stereocenters. The highest BCUT2D eigenvalue weighted by Crippen LogP contribution is 2.45. The van der Waals surface area contributed by atoms with E-state index in [1.165, 1.54) is 86.5 Å². The van der Waals surface area contributed by atoms with Crippen molar-refractivity contribution in [2.75, 3.05) is 0 Å². The van der Waals surface area contributed by atoms with E-state index in [2.05, 4.69) is 158 Å². The Kier molecular flexibility index (Phi) is 5.53. The number of benzene rings is 9. The first kappa shape index (κ1) is 27.9. The summed E-state index contributed by atoms with van der Waals surface area (Å²) in [5, 5.41) is 20.1. The van der Waals surface area contributed by atoms with E-state index >= 15 is 0 Å². The maximum atomic E-state index is 5.25. The summed E-state index contributed by atoms with van der Waals surface area (Å²) in [6.07, 6.45) is 1.85. The maximum Gasteiger partial charge on any atom is 0.0972 e. The van der Waals surface area contributed by atoms with Gasteiger partial charge >= 0.3 is 0 Å². The van der Waals surface area contributed by atoms with Crippen molar-refractivity contribution in [1.82, 2.24) is 9.97 Å². The van der Waals surface area contributed by atoms with E-state index in [4.69, 9.17) is 9.97 Å². The van der Waals surface area contributed by atoms with Gasteiger partial charge in [0.25, 0.3) is 0 Å². The molecule has 2 aromatic heterocycles. The van der Waals surface area contributed by atoms with Gasteiger partial charge in [-0.1, -0.05) is 140 Å². The third-order valence-corrected chi connectivity index (χ3v) is 11.4. The lowest BCUT2D eigenvalue weighted by Crippen LogP contribution is -1.92. The molecule has 0 N–H and O–H groups in total. The van der Waals surface area contributed by atoms with E-state index < -0.39 is 0 Å². The Morgan fingerprint density at radius 2 is 0.808 bits per heavy atom. The van der Waals surface area contributed by atoms with Crippen molar-refractivity contribution >= 4 is 97.2 Å². The Hall–Kier alpha value is -6.90. The zero-order valence-electron chi connectivity index (χ0n) is 28.1. The first-order valence-electron chi connectivity index (χ1n) is 17.9. The third kappa shape index (κ3) is 3.78. The summed E-state index contributed by atoms with van der Waals surface area (Å²) in [5.41, 5.74) is 6.36. The zero-order chi connectivity index (χ0) is 33.9. The van der Waals surface area contributed by atoms with Crippen molar-refractivity contribution < 1.29 is 0 Å². The minimum Gasteiger partial charge on any atom is -0.254 e. The van der Waals surface area contributed by atoms with Crippen molar-refractivity contribution in [3.05, 3.63) is 170 Å². The van der Waals surface area contributed by atoms with Crippen molar-refractivity contribution in [1.29, 1.82) is 0 Å². The van der Waals surface area contributed by atoms with Gasteiger partial charge in [-0.15, -0.1) is 0 Å². The van der Waals surface area contributed by atoms with Crippen LogP contribution in [0.5, 0.6) is 0 Å². The molecule has 12 rings (SSSR count). The largest absolute Gasteiger partial charge is 0.254 e. The highest BCUT2D eigenvalue weighted by Gasteiger charge is 2.18. The molecule has 52 heavy (non-hydrogen) atoms. The van der Waals surface area contributed by atoms with E-state index in [-0.39, 0.29) is 0 Å². The first-order chi connectivity index (χ1) is 25.8. The SMILES string of the molecule is c1cnc2c(c1)ccc1ccc(-c3ccc(-c4cc5ccc6cccc7c8cccc9ccc%10cccc(c(c4)c5c67)c%10c98)c4ccccc34)nc12. The number of rotatable bonds is 2. The van der Waals surface area contributed by atoms with E-state index in [0.717, 1.165) is 33.1 Å². The molecule has 0 saturated heterocycles. The van der Waals surface area contributed by atoms with Crippen LogP contribution < -0.4 is 0 Å². The van der Waals surface area contributed by atoms with Crippen LogP contribution in [0.2, 0.25) is 0 Å². The standard InChI is InChI=1S/C50H28N2/c1-2-12-38-37(11-1)36(23-24-39(38)44-25-22-33-20-19-32-10-6-26-51-49(32)50(33)52-44)35-27-34-21-18-31-8-4-14-41-40-13-3-7-29-16-17-30-9-5-15-42(47(30)45(29)40)43(28-35)48(34)46(31)41/h1-28H. The van der Waals surface area contributed by atoms with Crippen molar-refractivity contribution in [2.45, 2.75) is 0 Å². The zero-order valence-corrected chi connectivity index (χ0v) is 28.1. The normalized spacial score (nSPS) is 12.2. The predicted molar refractivity (Wildman–Crippen MR) is 222 cm³/mol. The summed E-state index contributed by atoms with van der Waals surface area (Å²) in [7, 11) is 0. The smallest absolute Gasteiger partial charge is 0.0972 e. The Bertz CT molecular complexity index is 3460. The van der Waals surface area contributed by atoms with Gasteiger partial charge in [0.2, 0.25) is 0 Å². The van der Waals surface area contributed by atoms with Crippen molar-refractivity contribution in [3.8, 4) is 22.4 Å². The molecule has 2 nitrogen and oxygen atoms in total. The summed E-state index contributed by atoms with van der Waals surface area (Å²) in [5.74, 6) is 0. The molecule has 0 spiro atoms. The molecule has 0 fully saturated rings. The summed E-state index contributed by atoms with van der Waals surface area (Å²) in [4.78, 5) is 9.96. The van der Waals surface area contributed by atoms with Crippen LogP contribution in [0.1, 0.15) is 0 Å². The summed E-state index contributed by atoms with van der Waals surface area (Å²) in [6, 6.07) is 60.4. The molecule has 238 valence electrons. The molecule has 0 aliphatic carbocycles. The number of fused-ring (bicyclic) bond motifs is 6. The summed E-state index contributed by atoms with van der Waals surface area (Å²) < 4.78 is 0. The summed E-state index contributed by atoms with van der Waals surface area (Å²) in [6.45, 7) is 0. The average molecular weight is 657 g/mol. The third-order valence-electron chi connectivity index (χ3n) is 11.4. The van der Waals surface area contributed by atoms with Gasteiger partial charge in [0.05, 0.1) is 16.7 Å². The van der Waals surface area contributed by atoms with Crippen molar-refractivity contribution in [3.63, 3.8) is 0 Å². The number of aromatic nitrogens is 2. The monoisotopic (exact) mass is 656 g/mol. The fourth-order valence-electron chi connectivity index (χ4n) is 9.09. The van der Waals surface area contributed by atoms with Crippen LogP contribution >= 0.6 is 0 Å². The number of hydrogen-bond acceptors (Lipinski definition) is 2. The average Bonchev–Trinajstić information content (AvgIpc) is 3.21. The van der Waals surface area contributed by atoms with Gasteiger partial charge in [-0.3, -0.25) is 4.98 Å². The van der Waals surface area contributed by atoms with E-state index in [1.807, 2.05) is 12.3 Å². The van der Waals surface area contributed by atoms with Gasteiger partial charge < -0.3 is 0 Å². The molecule has 0 bridgehead atoms. The molecule has 12 aromatic rings. The molecular weight excluding hydrogens is 629 g/mol. The van der Waals surface area contributed by atoms with Crippen LogP contribution in [-0.2, 0) is 0 Å². The van der Waals surface area contributed by atoms with Gasteiger partial charge in [-0.05, 0) is 111 Å². The molecule has 0 saturated carbocycles. The van der Waals surface area contributed by atoms with Crippen LogP contribution in [0.3, 0.4) is 0 Å². The lowest BCUT2D eigenvalue weighted by molar-refractivity contribution is 1.37. The molecule has 0 radical (unpaired) electrons. The highest BCUT2D eigenvalue weighted by atomic mass is 14.8. The number of pyridine rings is 2. The van der Waals surface area contributed by atoms with Gasteiger partial charge in [-0.25, -0.2) is 4.98 Å². The Balaban J connectivity index is 1.18. The van der Waals surface area contributed by atoms with Crippen LogP contribution in [0.15, 0.2) is 170 Å². The van der Waals surface area contributed by atoms with Gasteiger partial charge in [0, 0.05) is 22.5 Å². The number of nitrogens with zero attached hydrogens (tertiary/aromatic N) is 2. The fourth-order valence-corrected chi connectivity index (χ4v) is 9.09. The predicted octanol–water partition coefficient (Wildman–Crippen LogP) is 13.6. The Morgan fingerprint density at radius 3 is 1.50 bits per heavy atom. The van der Waals surface area contributed by atoms with Gasteiger partial charge in [0.15, 0.2) is 0 Å². The quantitative estimate of drug-likeness (QED) is 0.173. The van der Waals surface area contributed by atoms with Gasteiger partial charge in [-0.2, -0.15) is 0 Å². The molecular formula is C50H28N2. The van der Waals surface area contributed by atoms with Crippen molar-refractivity contribution in [2.24, 2.45) is 0 Å². The maximum absolute atomic E-state index is 5.25. The van der Waals surface area contributed by atoms with Crippen LogP contribution in [-0.4, -0.2) is 9.97 Å². The van der Waals surface area contributed by atoms with Crippen LogP contribution in [0, 0.1) is 0 Å². The minimum atomic E-state index is 0.932. The molecule has 0 atom stereocenters. The van der Waals surface area contributed by atoms with Crippen LogP contribution in [0.25, 0.3) is 120 Å². The minimum absolute atomic E-state index is 0.932. The van der Waals surface area contributed by atoms with E-state index in [1.54, 1.807) is 0 Å². The molecule has 0 aliphatic rings. The second kappa shape index (κ2) is 10.3. The molecule has 2 heterocycles.